The van der Waals surface area contributed by atoms with E-state index < -0.39 is 5.97 Å². The number of Topliss-reactive ketones (excluding diaryl/α,β-unsaturated/α-hetero) is 1. The summed E-state index contributed by atoms with van der Waals surface area (Å²) in [6, 6.07) is 0. The summed E-state index contributed by atoms with van der Waals surface area (Å²) in [5, 5.41) is 9.30. The fourth-order valence-electron chi connectivity index (χ4n) is 3.62. The van der Waals surface area contributed by atoms with Crippen LogP contribution in [0.4, 0.5) is 0 Å². The van der Waals surface area contributed by atoms with Crippen molar-refractivity contribution in [2.24, 2.45) is 5.92 Å². The van der Waals surface area contributed by atoms with E-state index in [2.05, 4.69) is 6.92 Å². The Balaban J connectivity index is 2.11. The number of nitrogens with zero attached hydrogens (tertiary/aromatic N) is 1. The quantitative estimate of drug-likeness (QED) is 0.635. The van der Waals surface area contributed by atoms with E-state index in [-0.39, 0.29) is 18.2 Å². The monoisotopic (exact) mass is 331 g/mol. The SMILES string of the molecule is CCCCCCCCC1=C(C)C(=O)C2CC=CC=C2N1CC(=O)O. The van der Waals surface area contributed by atoms with Crippen LogP contribution in [0.5, 0.6) is 0 Å². The van der Waals surface area contributed by atoms with Gasteiger partial charge in [-0.15, -0.1) is 0 Å². The Morgan fingerprint density at radius 1 is 1.25 bits per heavy atom. The molecule has 1 unspecified atom stereocenters. The Hall–Kier alpha value is -1.84. The van der Waals surface area contributed by atoms with Gasteiger partial charge < -0.3 is 10.0 Å². The molecule has 0 fully saturated rings. The highest BCUT2D eigenvalue weighted by Gasteiger charge is 2.36. The fraction of sp³-hybridized carbons (Fsp3) is 0.600. The molecule has 1 aliphatic heterocycles. The van der Waals surface area contributed by atoms with Gasteiger partial charge in [-0.3, -0.25) is 9.59 Å². The predicted molar refractivity (Wildman–Crippen MR) is 95.4 cm³/mol. The molecule has 2 aliphatic rings. The van der Waals surface area contributed by atoms with E-state index >= 15 is 0 Å². The van der Waals surface area contributed by atoms with Gasteiger partial charge in [0, 0.05) is 17.0 Å². The number of allylic oxidation sites excluding steroid dienone is 6. The second-order valence-corrected chi connectivity index (χ2v) is 6.74. The lowest BCUT2D eigenvalue weighted by Crippen LogP contribution is -2.40. The Kier molecular flexibility index (Phi) is 6.83. The maximum Gasteiger partial charge on any atom is 0.323 e. The molecule has 132 valence electrons. The summed E-state index contributed by atoms with van der Waals surface area (Å²) in [5.74, 6) is -0.900. The maximum absolute atomic E-state index is 12.7. The number of unbranched alkanes of at least 4 members (excludes halogenated alkanes) is 5. The van der Waals surface area contributed by atoms with Crippen LogP contribution in [0.3, 0.4) is 0 Å². The molecule has 1 aliphatic carbocycles. The molecule has 0 aromatic carbocycles. The van der Waals surface area contributed by atoms with Crippen LogP contribution in [0, 0.1) is 5.92 Å². The number of ketones is 1. The van der Waals surface area contributed by atoms with Crippen LogP contribution in [-0.2, 0) is 9.59 Å². The third-order valence-electron chi connectivity index (χ3n) is 4.95. The molecular weight excluding hydrogens is 302 g/mol. The van der Waals surface area contributed by atoms with Crippen LogP contribution < -0.4 is 0 Å². The minimum atomic E-state index is -0.855. The minimum Gasteiger partial charge on any atom is -0.480 e. The van der Waals surface area contributed by atoms with Crippen LogP contribution in [0.25, 0.3) is 0 Å². The van der Waals surface area contributed by atoms with Gasteiger partial charge in [0.25, 0.3) is 0 Å². The lowest BCUT2D eigenvalue weighted by atomic mass is 9.83. The van der Waals surface area contributed by atoms with Crippen LogP contribution >= 0.6 is 0 Å². The Morgan fingerprint density at radius 3 is 2.67 bits per heavy atom. The van der Waals surface area contributed by atoms with Crippen molar-refractivity contribution in [2.45, 2.75) is 65.2 Å². The normalized spacial score (nSPS) is 20.2. The highest BCUT2D eigenvalue weighted by atomic mass is 16.4. The number of carboxylic acids is 1. The molecule has 4 heteroatoms. The van der Waals surface area contributed by atoms with Crippen molar-refractivity contribution in [1.29, 1.82) is 0 Å². The van der Waals surface area contributed by atoms with Gasteiger partial charge in [0.2, 0.25) is 0 Å². The Morgan fingerprint density at radius 2 is 1.96 bits per heavy atom. The molecule has 24 heavy (non-hydrogen) atoms. The van der Waals surface area contributed by atoms with Crippen LogP contribution in [0.2, 0.25) is 0 Å². The minimum absolute atomic E-state index is 0.0635. The summed E-state index contributed by atoms with van der Waals surface area (Å²) < 4.78 is 0. The van der Waals surface area contributed by atoms with Gasteiger partial charge in [-0.05, 0) is 32.3 Å². The van der Waals surface area contributed by atoms with Crippen molar-refractivity contribution in [3.63, 3.8) is 0 Å². The van der Waals surface area contributed by atoms with E-state index in [1.165, 1.54) is 25.7 Å². The zero-order valence-electron chi connectivity index (χ0n) is 14.9. The second-order valence-electron chi connectivity index (χ2n) is 6.74. The summed E-state index contributed by atoms with van der Waals surface area (Å²) in [7, 11) is 0. The molecule has 4 nitrogen and oxygen atoms in total. The number of hydrogen-bond donors (Lipinski definition) is 1. The van der Waals surface area contributed by atoms with E-state index in [0.29, 0.717) is 6.42 Å². The molecule has 0 amide bonds. The number of carbonyl (C=O) groups is 2. The molecule has 0 saturated carbocycles. The predicted octanol–water partition coefficient (Wildman–Crippen LogP) is 4.44. The first-order valence-corrected chi connectivity index (χ1v) is 9.16. The van der Waals surface area contributed by atoms with Gasteiger partial charge in [0.1, 0.15) is 6.54 Å². The zero-order chi connectivity index (χ0) is 17.5. The van der Waals surface area contributed by atoms with Gasteiger partial charge in [0.05, 0.1) is 5.92 Å². The van der Waals surface area contributed by atoms with Crippen molar-refractivity contribution in [1.82, 2.24) is 4.90 Å². The first-order valence-electron chi connectivity index (χ1n) is 9.16. The van der Waals surface area contributed by atoms with Crippen molar-refractivity contribution >= 4 is 11.8 Å². The number of fused-ring (bicyclic) bond motifs is 1. The molecule has 0 bridgehead atoms. The molecule has 0 aromatic rings. The molecule has 2 rings (SSSR count). The van der Waals surface area contributed by atoms with Gasteiger partial charge in [-0.25, -0.2) is 0 Å². The third kappa shape index (κ3) is 4.37. The average molecular weight is 331 g/mol. The van der Waals surface area contributed by atoms with Crippen molar-refractivity contribution in [3.8, 4) is 0 Å². The summed E-state index contributed by atoms with van der Waals surface area (Å²) in [6.45, 7) is 4.00. The first kappa shape index (κ1) is 18.5. The lowest BCUT2D eigenvalue weighted by molar-refractivity contribution is -0.138. The van der Waals surface area contributed by atoms with E-state index in [9.17, 15) is 14.7 Å². The Labute approximate surface area is 144 Å². The summed E-state index contributed by atoms with van der Waals surface area (Å²) in [5.41, 5.74) is 2.52. The van der Waals surface area contributed by atoms with Crippen molar-refractivity contribution in [3.05, 3.63) is 35.2 Å². The fourth-order valence-corrected chi connectivity index (χ4v) is 3.62. The van der Waals surface area contributed by atoms with E-state index in [0.717, 1.165) is 36.2 Å². The van der Waals surface area contributed by atoms with E-state index in [4.69, 9.17) is 0 Å². The maximum atomic E-state index is 12.7. The number of hydrogen-bond acceptors (Lipinski definition) is 3. The smallest absolute Gasteiger partial charge is 0.323 e. The first-order chi connectivity index (χ1) is 11.6. The van der Waals surface area contributed by atoms with E-state index in [1.807, 2.05) is 30.1 Å². The highest BCUT2D eigenvalue weighted by Crippen LogP contribution is 2.37. The molecule has 0 radical (unpaired) electrons. The number of aliphatic carboxylic acids is 1. The highest BCUT2D eigenvalue weighted by molar-refractivity contribution is 6.00. The molecule has 0 saturated heterocycles. The Bertz CT molecular complexity index is 571. The summed E-state index contributed by atoms with van der Waals surface area (Å²) in [4.78, 5) is 25.9. The average Bonchev–Trinajstić information content (AvgIpc) is 2.57. The molecule has 1 heterocycles. The number of carboxylic acid groups (broad SMARTS) is 1. The van der Waals surface area contributed by atoms with Gasteiger partial charge >= 0.3 is 5.97 Å². The van der Waals surface area contributed by atoms with Gasteiger partial charge in [-0.2, -0.15) is 0 Å². The zero-order valence-corrected chi connectivity index (χ0v) is 14.9. The van der Waals surface area contributed by atoms with Crippen LogP contribution in [0.15, 0.2) is 35.2 Å². The molecule has 0 aromatic heterocycles. The summed E-state index contributed by atoms with van der Waals surface area (Å²) >= 11 is 0. The largest absolute Gasteiger partial charge is 0.480 e. The molecular formula is C20H29NO3. The number of rotatable bonds is 9. The van der Waals surface area contributed by atoms with Gasteiger partial charge in [-0.1, -0.05) is 51.2 Å². The van der Waals surface area contributed by atoms with Crippen LogP contribution in [0.1, 0.15) is 65.2 Å². The second kappa shape index (κ2) is 8.86. The lowest BCUT2D eigenvalue weighted by Gasteiger charge is -2.39. The standard InChI is InChI=1S/C20H29NO3/c1-3-4-5-6-7-8-12-17-15(2)20(24)16-11-9-10-13-18(16)21(17)14-19(22)23/h9-10,13,16H,3-8,11-12,14H2,1-2H3,(H,22,23). The van der Waals surface area contributed by atoms with Gasteiger partial charge in [0.15, 0.2) is 5.78 Å². The topological polar surface area (TPSA) is 57.6 Å². The van der Waals surface area contributed by atoms with E-state index in [1.54, 1.807) is 0 Å². The number of carbonyl (C=O) groups excluding carboxylic acids is 1. The van der Waals surface area contributed by atoms with Crippen molar-refractivity contribution < 1.29 is 14.7 Å². The molecule has 1 N–H and O–H groups in total. The van der Waals surface area contributed by atoms with Crippen molar-refractivity contribution in [2.75, 3.05) is 6.54 Å². The molecule has 0 spiro atoms. The van der Waals surface area contributed by atoms with Crippen LogP contribution in [-0.4, -0.2) is 28.3 Å². The summed E-state index contributed by atoms with van der Waals surface area (Å²) in [6.07, 6.45) is 14.4. The molecule has 1 atom stereocenters. The third-order valence-corrected chi connectivity index (χ3v) is 4.95.